The van der Waals surface area contributed by atoms with Crippen molar-refractivity contribution in [1.82, 2.24) is 24.2 Å². The van der Waals surface area contributed by atoms with Crippen molar-refractivity contribution in [2.75, 3.05) is 20.6 Å². The number of aromatic nitrogens is 4. The van der Waals surface area contributed by atoms with Crippen molar-refractivity contribution < 1.29 is 0 Å². The molecule has 0 N–H and O–H groups in total. The van der Waals surface area contributed by atoms with E-state index in [1.54, 1.807) is 23.2 Å². The minimum Gasteiger partial charge on any atom is -0.309 e. The molecule has 0 aliphatic carbocycles. The maximum atomic E-state index is 13.5. The molecule has 4 aromatic rings. The van der Waals surface area contributed by atoms with Crippen molar-refractivity contribution in [3.8, 4) is 5.69 Å². The van der Waals surface area contributed by atoms with Gasteiger partial charge < -0.3 is 4.90 Å². The summed E-state index contributed by atoms with van der Waals surface area (Å²) in [5.41, 5.74) is 1.95. The number of benzene rings is 1. The van der Waals surface area contributed by atoms with E-state index in [2.05, 4.69) is 15.0 Å². The molecule has 3 aromatic heterocycles. The number of aryl methyl sites for hydroxylation is 1. The Morgan fingerprint density at radius 3 is 2.74 bits per heavy atom. The Labute approximate surface area is 161 Å². The molecule has 0 bridgehead atoms. The lowest BCUT2D eigenvalue weighted by atomic mass is 10.1. The Kier molecular flexibility index (Phi) is 4.68. The first-order valence-corrected chi connectivity index (χ1v) is 9.19. The molecule has 6 nitrogen and oxygen atoms in total. The van der Waals surface area contributed by atoms with E-state index in [9.17, 15) is 4.79 Å². The SMILES string of the molecule is CN(C)CCCn1ncc2c3ccc(Cl)cc3n(-c3cccnc3)c(=O)c21. The minimum atomic E-state index is -0.116. The summed E-state index contributed by atoms with van der Waals surface area (Å²) in [7, 11) is 4.07. The number of hydrogen-bond acceptors (Lipinski definition) is 4. The molecule has 0 fully saturated rings. The third-order valence-electron chi connectivity index (χ3n) is 4.62. The van der Waals surface area contributed by atoms with Gasteiger partial charge in [-0.3, -0.25) is 19.0 Å². The topological polar surface area (TPSA) is 56.0 Å². The summed E-state index contributed by atoms with van der Waals surface area (Å²) < 4.78 is 3.47. The summed E-state index contributed by atoms with van der Waals surface area (Å²) in [6, 6.07) is 9.28. The van der Waals surface area contributed by atoms with Crippen molar-refractivity contribution in [1.29, 1.82) is 0 Å². The fraction of sp³-hybridized carbons (Fsp3) is 0.250. The highest BCUT2D eigenvalue weighted by Gasteiger charge is 2.17. The Morgan fingerprint density at radius 1 is 1.15 bits per heavy atom. The zero-order valence-corrected chi connectivity index (χ0v) is 16.0. The summed E-state index contributed by atoms with van der Waals surface area (Å²) in [6.45, 7) is 1.62. The summed E-state index contributed by atoms with van der Waals surface area (Å²) in [5.74, 6) is 0. The summed E-state index contributed by atoms with van der Waals surface area (Å²) in [4.78, 5) is 19.7. The van der Waals surface area contributed by atoms with Crippen LogP contribution in [0.5, 0.6) is 0 Å². The minimum absolute atomic E-state index is 0.116. The van der Waals surface area contributed by atoms with Crippen LogP contribution < -0.4 is 5.56 Å². The molecule has 0 amide bonds. The third kappa shape index (κ3) is 3.22. The summed E-state index contributed by atoms with van der Waals surface area (Å²) >= 11 is 6.23. The van der Waals surface area contributed by atoms with Crippen LogP contribution in [0.2, 0.25) is 5.02 Å². The second-order valence-electron chi connectivity index (χ2n) is 6.80. The second kappa shape index (κ2) is 7.13. The maximum Gasteiger partial charge on any atom is 0.281 e. The Balaban J connectivity index is 2.00. The first-order chi connectivity index (χ1) is 13.1. The molecule has 1 aromatic carbocycles. The van der Waals surface area contributed by atoms with Gasteiger partial charge in [0.1, 0.15) is 5.52 Å². The molecule has 0 saturated heterocycles. The fourth-order valence-corrected chi connectivity index (χ4v) is 3.56. The molecule has 3 heterocycles. The predicted molar refractivity (Wildman–Crippen MR) is 109 cm³/mol. The van der Waals surface area contributed by atoms with Crippen LogP contribution in [0.3, 0.4) is 0 Å². The van der Waals surface area contributed by atoms with E-state index < -0.39 is 0 Å². The van der Waals surface area contributed by atoms with Crippen LogP contribution in [0.15, 0.2) is 53.7 Å². The molecular formula is C20H20ClN5O. The van der Waals surface area contributed by atoms with Crippen LogP contribution in [-0.2, 0) is 6.54 Å². The van der Waals surface area contributed by atoms with Crippen LogP contribution in [0, 0.1) is 0 Å². The van der Waals surface area contributed by atoms with Crippen LogP contribution >= 0.6 is 11.6 Å². The molecule has 0 aliphatic rings. The van der Waals surface area contributed by atoms with E-state index in [4.69, 9.17) is 11.6 Å². The summed E-state index contributed by atoms with van der Waals surface area (Å²) in [6.07, 6.45) is 6.05. The van der Waals surface area contributed by atoms with Crippen molar-refractivity contribution in [3.63, 3.8) is 0 Å². The molecule has 0 radical (unpaired) electrons. The highest BCUT2D eigenvalue weighted by molar-refractivity contribution is 6.31. The number of pyridine rings is 2. The van der Waals surface area contributed by atoms with Gasteiger partial charge in [0.2, 0.25) is 0 Å². The lowest BCUT2D eigenvalue weighted by Crippen LogP contribution is -2.22. The van der Waals surface area contributed by atoms with E-state index >= 15 is 0 Å². The number of fused-ring (bicyclic) bond motifs is 3. The zero-order valence-electron chi connectivity index (χ0n) is 15.3. The highest BCUT2D eigenvalue weighted by atomic mass is 35.5. The molecule has 0 atom stereocenters. The average Bonchev–Trinajstić information content (AvgIpc) is 3.07. The molecule has 7 heteroatoms. The zero-order chi connectivity index (χ0) is 19.0. The fourth-order valence-electron chi connectivity index (χ4n) is 3.39. The van der Waals surface area contributed by atoms with E-state index in [0.29, 0.717) is 22.8 Å². The summed E-state index contributed by atoms with van der Waals surface area (Å²) in [5, 5.41) is 6.86. The van der Waals surface area contributed by atoms with Crippen LogP contribution in [0.4, 0.5) is 0 Å². The van der Waals surface area contributed by atoms with Gasteiger partial charge in [-0.15, -0.1) is 0 Å². The predicted octanol–water partition coefficient (Wildman–Crippen LogP) is 3.34. The van der Waals surface area contributed by atoms with Gasteiger partial charge in [0.15, 0.2) is 0 Å². The van der Waals surface area contributed by atoms with Gasteiger partial charge in [0.25, 0.3) is 5.56 Å². The van der Waals surface area contributed by atoms with Gasteiger partial charge >= 0.3 is 0 Å². The molecule has 4 rings (SSSR count). The highest BCUT2D eigenvalue weighted by Crippen LogP contribution is 2.27. The molecule has 0 unspecified atom stereocenters. The van der Waals surface area contributed by atoms with E-state index in [1.807, 2.05) is 49.1 Å². The Hall–Kier alpha value is -2.70. The number of rotatable bonds is 5. The maximum absolute atomic E-state index is 13.5. The molecule has 27 heavy (non-hydrogen) atoms. The van der Waals surface area contributed by atoms with Gasteiger partial charge in [0, 0.05) is 28.5 Å². The standard InChI is InChI=1S/C20H20ClN5O/c1-24(2)9-4-10-25-19-17(13-23-25)16-7-6-14(21)11-18(16)26(20(19)27)15-5-3-8-22-12-15/h3,5-8,11-13H,4,9-10H2,1-2H3. The van der Waals surface area contributed by atoms with Crippen LogP contribution in [0.25, 0.3) is 27.5 Å². The molecular weight excluding hydrogens is 362 g/mol. The largest absolute Gasteiger partial charge is 0.309 e. The second-order valence-corrected chi connectivity index (χ2v) is 7.24. The van der Waals surface area contributed by atoms with Crippen LogP contribution in [0.1, 0.15) is 6.42 Å². The van der Waals surface area contributed by atoms with Gasteiger partial charge in [-0.25, -0.2) is 0 Å². The van der Waals surface area contributed by atoms with Crippen molar-refractivity contribution in [2.45, 2.75) is 13.0 Å². The van der Waals surface area contributed by atoms with Crippen molar-refractivity contribution in [2.24, 2.45) is 0 Å². The van der Waals surface area contributed by atoms with Crippen molar-refractivity contribution in [3.05, 3.63) is 64.3 Å². The molecule has 0 spiro atoms. The normalized spacial score (nSPS) is 11.7. The number of nitrogens with zero attached hydrogens (tertiary/aromatic N) is 5. The van der Waals surface area contributed by atoms with E-state index in [0.717, 1.165) is 29.3 Å². The first kappa shape index (κ1) is 17.7. The van der Waals surface area contributed by atoms with Gasteiger partial charge in [-0.05, 0) is 51.3 Å². The quantitative estimate of drug-likeness (QED) is 0.532. The molecule has 0 aliphatic heterocycles. The smallest absolute Gasteiger partial charge is 0.281 e. The Morgan fingerprint density at radius 2 is 2.00 bits per heavy atom. The number of hydrogen-bond donors (Lipinski definition) is 0. The van der Waals surface area contributed by atoms with E-state index in [-0.39, 0.29) is 5.56 Å². The lowest BCUT2D eigenvalue weighted by Gasteiger charge is -2.13. The molecule has 0 saturated carbocycles. The van der Waals surface area contributed by atoms with Gasteiger partial charge in [-0.1, -0.05) is 17.7 Å². The Bertz CT molecular complexity index is 1160. The van der Waals surface area contributed by atoms with Crippen LogP contribution in [-0.4, -0.2) is 44.9 Å². The van der Waals surface area contributed by atoms with Crippen molar-refractivity contribution >= 4 is 33.4 Å². The average molecular weight is 382 g/mol. The lowest BCUT2D eigenvalue weighted by molar-refractivity contribution is 0.382. The van der Waals surface area contributed by atoms with Gasteiger partial charge in [0.05, 0.1) is 23.6 Å². The monoisotopic (exact) mass is 381 g/mol. The first-order valence-electron chi connectivity index (χ1n) is 8.81. The number of halogens is 1. The molecule has 138 valence electrons. The van der Waals surface area contributed by atoms with Gasteiger partial charge in [-0.2, -0.15) is 5.10 Å². The third-order valence-corrected chi connectivity index (χ3v) is 4.85. The van der Waals surface area contributed by atoms with E-state index in [1.165, 1.54) is 0 Å².